The SMILES string of the molecule is c1ccc(C2=NN(c3c(-c4nc(-c5ccccc5)cc(-c5cccc6ccccc56)n4)c4ccccc4c4ccccc34)NC(c3ccccc3)=N2)cc1. The van der Waals surface area contributed by atoms with Crippen molar-refractivity contribution in [2.45, 2.75) is 0 Å². The third-order valence-corrected chi connectivity index (χ3v) is 9.91. The molecule has 0 saturated carbocycles. The molecule has 1 aliphatic rings. The zero-order valence-electron chi connectivity index (χ0n) is 29.1. The monoisotopic (exact) mass is 692 g/mol. The Kier molecular flexibility index (Phi) is 7.69. The fraction of sp³-hybridized carbons (Fsp3) is 0. The van der Waals surface area contributed by atoms with Crippen molar-refractivity contribution in [1.82, 2.24) is 15.4 Å². The van der Waals surface area contributed by atoms with Crippen LogP contribution in [0.5, 0.6) is 0 Å². The van der Waals surface area contributed by atoms with Gasteiger partial charge in [-0.15, -0.1) is 5.10 Å². The molecular formula is C48H32N6. The highest BCUT2D eigenvalue weighted by molar-refractivity contribution is 6.22. The standard InChI is InChI=1S/C48H32N6/c1-4-18-33(19-5-1)42-31-43(39-30-16-24-32-17-10-11-25-36(32)39)50-48(49-42)44-40-28-14-12-26-37(40)38-27-13-15-29-41(38)45(44)54-52-46(34-20-6-2-7-21-34)51-47(53-54)35-22-8-3-9-23-35/h1-31H,(H,51,52,53). The van der Waals surface area contributed by atoms with Crippen LogP contribution in [0.1, 0.15) is 11.1 Å². The lowest BCUT2D eigenvalue weighted by Crippen LogP contribution is -2.44. The van der Waals surface area contributed by atoms with Gasteiger partial charge in [-0.05, 0) is 33.0 Å². The number of nitrogens with one attached hydrogen (secondary N) is 1. The van der Waals surface area contributed by atoms with E-state index in [1.165, 1.54) is 0 Å². The Labute approximate surface area is 312 Å². The van der Waals surface area contributed by atoms with Crippen molar-refractivity contribution in [3.63, 3.8) is 0 Å². The van der Waals surface area contributed by atoms with Gasteiger partial charge in [-0.3, -0.25) is 5.43 Å². The van der Waals surface area contributed by atoms with E-state index in [1.807, 2.05) is 71.8 Å². The van der Waals surface area contributed by atoms with Crippen molar-refractivity contribution < 1.29 is 0 Å². The molecule has 8 aromatic carbocycles. The van der Waals surface area contributed by atoms with Gasteiger partial charge in [0.25, 0.3) is 0 Å². The summed E-state index contributed by atoms with van der Waals surface area (Å²) in [5.74, 6) is 1.87. The lowest BCUT2D eigenvalue weighted by Gasteiger charge is -2.30. The van der Waals surface area contributed by atoms with E-state index < -0.39 is 0 Å². The minimum absolute atomic E-state index is 0.590. The van der Waals surface area contributed by atoms with Crippen molar-refractivity contribution in [2.24, 2.45) is 10.1 Å². The van der Waals surface area contributed by atoms with Crippen LogP contribution in [0, 0.1) is 0 Å². The quantitative estimate of drug-likeness (QED) is 0.176. The Morgan fingerprint density at radius 1 is 0.426 bits per heavy atom. The molecule has 0 unspecified atom stereocenters. The summed E-state index contributed by atoms with van der Waals surface area (Å²) in [5, 5.41) is 13.6. The van der Waals surface area contributed by atoms with Gasteiger partial charge in [-0.2, -0.15) is 5.12 Å². The van der Waals surface area contributed by atoms with Crippen molar-refractivity contribution in [1.29, 1.82) is 0 Å². The molecule has 254 valence electrons. The van der Waals surface area contributed by atoms with E-state index in [-0.39, 0.29) is 0 Å². The molecule has 6 nitrogen and oxygen atoms in total. The second-order valence-electron chi connectivity index (χ2n) is 13.2. The molecule has 0 amide bonds. The van der Waals surface area contributed by atoms with Crippen LogP contribution < -0.4 is 10.5 Å². The first-order chi connectivity index (χ1) is 26.8. The molecule has 0 fully saturated rings. The number of hydrogen-bond acceptors (Lipinski definition) is 6. The molecule has 1 aliphatic heterocycles. The molecule has 1 aromatic heterocycles. The van der Waals surface area contributed by atoms with Gasteiger partial charge in [0.2, 0.25) is 0 Å². The summed E-state index contributed by atoms with van der Waals surface area (Å²) >= 11 is 0. The van der Waals surface area contributed by atoms with E-state index in [4.69, 9.17) is 20.1 Å². The summed E-state index contributed by atoms with van der Waals surface area (Å²) in [4.78, 5) is 15.9. The van der Waals surface area contributed by atoms with Crippen molar-refractivity contribution in [3.05, 3.63) is 199 Å². The number of rotatable bonds is 6. The van der Waals surface area contributed by atoms with E-state index >= 15 is 0 Å². The Hall–Kier alpha value is -7.44. The number of fused-ring (bicyclic) bond motifs is 4. The number of hydrogen-bond donors (Lipinski definition) is 1. The highest BCUT2D eigenvalue weighted by atomic mass is 15.7. The Morgan fingerprint density at radius 2 is 0.963 bits per heavy atom. The highest BCUT2D eigenvalue weighted by Crippen LogP contribution is 2.44. The molecule has 0 radical (unpaired) electrons. The van der Waals surface area contributed by atoms with Crippen LogP contribution in [0.25, 0.3) is 66.2 Å². The summed E-state index contributed by atoms with van der Waals surface area (Å²) in [5.41, 5.74) is 10.9. The normalized spacial score (nSPS) is 12.8. The van der Waals surface area contributed by atoms with Gasteiger partial charge in [0.05, 0.1) is 17.0 Å². The summed E-state index contributed by atoms with van der Waals surface area (Å²) in [6.07, 6.45) is 0. The van der Waals surface area contributed by atoms with Gasteiger partial charge in [-0.1, -0.05) is 182 Å². The van der Waals surface area contributed by atoms with Crippen LogP contribution in [-0.2, 0) is 0 Å². The third kappa shape index (κ3) is 5.54. The molecule has 0 bridgehead atoms. The summed E-state index contributed by atoms with van der Waals surface area (Å²) < 4.78 is 0. The number of anilines is 1. The minimum atomic E-state index is 0.590. The Morgan fingerprint density at radius 3 is 1.69 bits per heavy atom. The molecule has 0 spiro atoms. The van der Waals surface area contributed by atoms with Crippen LogP contribution in [0.2, 0.25) is 0 Å². The molecule has 2 heterocycles. The van der Waals surface area contributed by atoms with Gasteiger partial charge < -0.3 is 0 Å². The first-order valence-corrected chi connectivity index (χ1v) is 18.0. The zero-order chi connectivity index (χ0) is 35.8. The van der Waals surface area contributed by atoms with Crippen LogP contribution >= 0.6 is 0 Å². The van der Waals surface area contributed by atoms with Gasteiger partial charge in [-0.25, -0.2) is 15.0 Å². The van der Waals surface area contributed by atoms with Crippen LogP contribution in [0.15, 0.2) is 198 Å². The first kappa shape index (κ1) is 31.3. The summed E-state index contributed by atoms with van der Waals surface area (Å²) in [6, 6.07) is 64.5. The number of benzene rings is 8. The van der Waals surface area contributed by atoms with Gasteiger partial charge in [0, 0.05) is 27.6 Å². The number of hydrazine groups is 1. The van der Waals surface area contributed by atoms with Gasteiger partial charge in [0.1, 0.15) is 5.69 Å². The molecule has 0 atom stereocenters. The largest absolute Gasteiger partial charge is 0.260 e. The number of aromatic nitrogens is 2. The fourth-order valence-electron chi connectivity index (χ4n) is 7.39. The maximum absolute atomic E-state index is 5.47. The maximum atomic E-state index is 5.47. The molecule has 54 heavy (non-hydrogen) atoms. The second-order valence-corrected chi connectivity index (χ2v) is 13.2. The van der Waals surface area contributed by atoms with Crippen LogP contribution in [0.4, 0.5) is 5.69 Å². The third-order valence-electron chi connectivity index (χ3n) is 9.91. The molecule has 6 heteroatoms. The minimum Gasteiger partial charge on any atom is -0.260 e. The predicted molar refractivity (Wildman–Crippen MR) is 222 cm³/mol. The fourth-order valence-corrected chi connectivity index (χ4v) is 7.39. The molecule has 1 N–H and O–H groups in total. The van der Waals surface area contributed by atoms with Gasteiger partial charge >= 0.3 is 0 Å². The number of aliphatic imine (C=N–C) groups is 1. The predicted octanol–water partition coefficient (Wildman–Crippen LogP) is 11.1. The Bertz CT molecular complexity index is 2900. The molecule has 0 aliphatic carbocycles. The molecule has 0 saturated heterocycles. The second kappa shape index (κ2) is 13.3. The topological polar surface area (TPSA) is 65.8 Å². The average molecular weight is 693 g/mol. The van der Waals surface area contributed by atoms with E-state index in [0.29, 0.717) is 17.5 Å². The lowest BCUT2D eigenvalue weighted by atomic mass is 9.94. The van der Waals surface area contributed by atoms with E-state index in [9.17, 15) is 0 Å². The van der Waals surface area contributed by atoms with E-state index in [1.54, 1.807) is 0 Å². The molecule has 9 aromatic rings. The van der Waals surface area contributed by atoms with Gasteiger partial charge in [0.15, 0.2) is 17.5 Å². The van der Waals surface area contributed by atoms with Crippen molar-refractivity contribution in [2.75, 3.05) is 5.12 Å². The smallest absolute Gasteiger partial charge is 0.183 e. The first-order valence-electron chi connectivity index (χ1n) is 18.0. The average Bonchev–Trinajstić information content (AvgIpc) is 3.26. The maximum Gasteiger partial charge on any atom is 0.183 e. The summed E-state index contributed by atoms with van der Waals surface area (Å²) in [6.45, 7) is 0. The van der Waals surface area contributed by atoms with Crippen LogP contribution in [0.3, 0.4) is 0 Å². The van der Waals surface area contributed by atoms with E-state index in [2.05, 4.69) is 127 Å². The van der Waals surface area contributed by atoms with Crippen molar-refractivity contribution in [3.8, 4) is 33.9 Å². The lowest BCUT2D eigenvalue weighted by molar-refractivity contribution is 0.803. The Balaban J connectivity index is 1.30. The number of amidine groups is 2. The van der Waals surface area contributed by atoms with E-state index in [0.717, 1.165) is 77.2 Å². The highest BCUT2D eigenvalue weighted by Gasteiger charge is 2.27. The summed E-state index contributed by atoms with van der Waals surface area (Å²) in [7, 11) is 0. The molecular weight excluding hydrogens is 661 g/mol. The zero-order valence-corrected chi connectivity index (χ0v) is 29.1. The number of hydrazone groups is 1. The van der Waals surface area contributed by atoms with Crippen molar-refractivity contribution >= 4 is 49.7 Å². The molecule has 10 rings (SSSR count). The van der Waals surface area contributed by atoms with Crippen LogP contribution in [-0.4, -0.2) is 21.6 Å². The number of nitrogens with zero attached hydrogens (tertiary/aromatic N) is 5.